The van der Waals surface area contributed by atoms with Crippen molar-refractivity contribution in [1.29, 1.82) is 0 Å². The van der Waals surface area contributed by atoms with Crippen LogP contribution in [0.4, 0.5) is 0 Å². The summed E-state index contributed by atoms with van der Waals surface area (Å²) in [5.41, 5.74) is 3.82. The summed E-state index contributed by atoms with van der Waals surface area (Å²) < 4.78 is 0. The van der Waals surface area contributed by atoms with Crippen LogP contribution in [0.15, 0.2) is 48.7 Å². The highest BCUT2D eigenvalue weighted by molar-refractivity contribution is 5.79. The number of pyridine rings is 1. The van der Waals surface area contributed by atoms with Gasteiger partial charge in [0.15, 0.2) is 0 Å². The summed E-state index contributed by atoms with van der Waals surface area (Å²) in [7, 11) is 0. The van der Waals surface area contributed by atoms with Crippen molar-refractivity contribution in [3.05, 3.63) is 65.5 Å². The van der Waals surface area contributed by atoms with Crippen molar-refractivity contribution in [3.63, 3.8) is 0 Å². The van der Waals surface area contributed by atoms with Crippen LogP contribution in [0.2, 0.25) is 0 Å². The lowest BCUT2D eigenvalue weighted by Gasteiger charge is -2.24. The van der Waals surface area contributed by atoms with Crippen LogP contribution in [0.1, 0.15) is 23.2 Å². The first-order valence-electron chi connectivity index (χ1n) is 8.29. The van der Waals surface area contributed by atoms with E-state index in [4.69, 9.17) is 0 Å². The quantitative estimate of drug-likeness (QED) is 0.939. The molecule has 1 aromatic carbocycles. The summed E-state index contributed by atoms with van der Waals surface area (Å²) in [6, 6.07) is 15.0. The second-order valence-electron chi connectivity index (χ2n) is 6.48. The number of hydrogen-bond acceptors (Lipinski definition) is 3. The number of rotatable bonds is 4. The van der Waals surface area contributed by atoms with E-state index in [1.54, 1.807) is 6.20 Å². The molecule has 1 aromatic heterocycles. The minimum atomic E-state index is 0.230. The molecule has 1 atom stereocenters. The number of likely N-dealkylation sites (tertiary alicyclic amines) is 1. The molecule has 0 radical (unpaired) electrons. The van der Waals surface area contributed by atoms with E-state index in [0.29, 0.717) is 12.5 Å². The SMILES string of the molecule is O=C1CC(NCc2ccccn2)CN1C1Cc2ccccc2C1. The molecule has 2 heterocycles. The zero-order valence-electron chi connectivity index (χ0n) is 13.1. The van der Waals surface area contributed by atoms with E-state index in [9.17, 15) is 4.79 Å². The maximum absolute atomic E-state index is 12.4. The Morgan fingerprint density at radius 2 is 1.78 bits per heavy atom. The predicted octanol–water partition coefficient (Wildman–Crippen LogP) is 1.94. The molecular weight excluding hydrogens is 286 g/mol. The molecule has 1 saturated heterocycles. The summed E-state index contributed by atoms with van der Waals surface area (Å²) in [5, 5.41) is 3.48. The van der Waals surface area contributed by atoms with Gasteiger partial charge in [0, 0.05) is 37.8 Å². The number of benzene rings is 1. The van der Waals surface area contributed by atoms with E-state index < -0.39 is 0 Å². The highest BCUT2D eigenvalue weighted by Gasteiger charge is 2.36. The standard InChI is InChI=1S/C19H21N3O/c23-19-11-17(21-12-16-7-3-4-8-20-16)13-22(19)18-9-14-5-1-2-6-15(14)10-18/h1-8,17-18,21H,9-13H2. The third kappa shape index (κ3) is 2.99. The van der Waals surface area contributed by atoms with Crippen molar-refractivity contribution < 1.29 is 4.79 Å². The van der Waals surface area contributed by atoms with Crippen LogP contribution in [0, 0.1) is 0 Å². The minimum Gasteiger partial charge on any atom is -0.337 e. The normalized spacial score (nSPS) is 21.0. The van der Waals surface area contributed by atoms with Crippen molar-refractivity contribution >= 4 is 5.91 Å². The Labute approximate surface area is 136 Å². The molecule has 1 unspecified atom stereocenters. The second-order valence-corrected chi connectivity index (χ2v) is 6.48. The lowest BCUT2D eigenvalue weighted by molar-refractivity contribution is -0.129. The van der Waals surface area contributed by atoms with Gasteiger partial charge in [0.05, 0.1) is 5.69 Å². The molecule has 118 valence electrons. The number of amides is 1. The van der Waals surface area contributed by atoms with Gasteiger partial charge in [0.25, 0.3) is 0 Å². The van der Waals surface area contributed by atoms with Crippen LogP contribution >= 0.6 is 0 Å². The van der Waals surface area contributed by atoms with Crippen LogP contribution < -0.4 is 5.32 Å². The van der Waals surface area contributed by atoms with Gasteiger partial charge in [-0.1, -0.05) is 30.3 Å². The van der Waals surface area contributed by atoms with Crippen LogP contribution in [0.5, 0.6) is 0 Å². The summed E-state index contributed by atoms with van der Waals surface area (Å²) >= 11 is 0. The number of hydrogen-bond donors (Lipinski definition) is 1. The molecule has 4 rings (SSSR count). The van der Waals surface area contributed by atoms with Gasteiger partial charge in [-0.2, -0.15) is 0 Å². The van der Waals surface area contributed by atoms with Gasteiger partial charge in [0.1, 0.15) is 0 Å². The molecular formula is C19H21N3O. The smallest absolute Gasteiger partial charge is 0.224 e. The molecule has 2 aromatic rings. The summed E-state index contributed by atoms with van der Waals surface area (Å²) in [6.45, 7) is 1.53. The average Bonchev–Trinajstić information content (AvgIpc) is 3.17. The van der Waals surface area contributed by atoms with Crippen molar-refractivity contribution in [2.24, 2.45) is 0 Å². The lowest BCUT2D eigenvalue weighted by atomic mass is 10.1. The van der Waals surface area contributed by atoms with Crippen molar-refractivity contribution in [1.82, 2.24) is 15.2 Å². The predicted molar refractivity (Wildman–Crippen MR) is 88.8 cm³/mol. The zero-order valence-corrected chi connectivity index (χ0v) is 13.1. The third-order valence-corrected chi connectivity index (χ3v) is 4.93. The summed E-state index contributed by atoms with van der Waals surface area (Å²) in [5.74, 6) is 0.279. The molecule has 0 saturated carbocycles. The fourth-order valence-electron chi connectivity index (χ4n) is 3.73. The fourth-order valence-corrected chi connectivity index (χ4v) is 3.73. The monoisotopic (exact) mass is 307 g/mol. The molecule has 1 aliphatic heterocycles. The Morgan fingerprint density at radius 3 is 2.48 bits per heavy atom. The van der Waals surface area contributed by atoms with Gasteiger partial charge in [-0.15, -0.1) is 0 Å². The molecule has 2 aliphatic rings. The molecule has 4 heteroatoms. The number of carbonyl (C=O) groups is 1. The topological polar surface area (TPSA) is 45.2 Å². The third-order valence-electron chi connectivity index (χ3n) is 4.93. The number of aromatic nitrogens is 1. The number of nitrogens with one attached hydrogen (secondary N) is 1. The number of nitrogens with zero attached hydrogens (tertiary/aromatic N) is 2. The van der Waals surface area contributed by atoms with Gasteiger partial charge < -0.3 is 10.2 Å². The van der Waals surface area contributed by atoms with E-state index in [-0.39, 0.29) is 11.9 Å². The molecule has 1 aliphatic carbocycles. The summed E-state index contributed by atoms with van der Waals surface area (Å²) in [6.07, 6.45) is 4.39. The average molecular weight is 307 g/mol. The summed E-state index contributed by atoms with van der Waals surface area (Å²) in [4.78, 5) is 18.8. The molecule has 23 heavy (non-hydrogen) atoms. The first-order chi connectivity index (χ1) is 11.3. The highest BCUT2D eigenvalue weighted by atomic mass is 16.2. The molecule has 0 spiro atoms. The van der Waals surface area contributed by atoms with Crippen molar-refractivity contribution in [3.8, 4) is 0 Å². The Bertz CT molecular complexity index is 676. The van der Waals surface area contributed by atoms with Crippen LogP contribution in [-0.2, 0) is 24.2 Å². The van der Waals surface area contributed by atoms with E-state index >= 15 is 0 Å². The zero-order chi connectivity index (χ0) is 15.6. The van der Waals surface area contributed by atoms with Crippen molar-refractivity contribution in [2.75, 3.05) is 6.54 Å². The largest absolute Gasteiger partial charge is 0.337 e. The first-order valence-corrected chi connectivity index (χ1v) is 8.29. The first kappa shape index (κ1) is 14.4. The molecule has 4 nitrogen and oxygen atoms in total. The Hall–Kier alpha value is -2.20. The molecule has 1 N–H and O–H groups in total. The maximum atomic E-state index is 12.4. The van der Waals surface area contributed by atoms with Gasteiger partial charge in [-0.05, 0) is 36.1 Å². The van der Waals surface area contributed by atoms with Gasteiger partial charge in [-0.25, -0.2) is 0 Å². The van der Waals surface area contributed by atoms with Crippen LogP contribution in [0.25, 0.3) is 0 Å². The van der Waals surface area contributed by atoms with Crippen LogP contribution in [0.3, 0.4) is 0 Å². The molecule has 0 bridgehead atoms. The van der Waals surface area contributed by atoms with Crippen molar-refractivity contribution in [2.45, 2.75) is 37.9 Å². The Morgan fingerprint density at radius 1 is 1.04 bits per heavy atom. The van der Waals surface area contributed by atoms with E-state index in [0.717, 1.165) is 31.6 Å². The number of carbonyl (C=O) groups excluding carboxylic acids is 1. The lowest BCUT2D eigenvalue weighted by Crippen LogP contribution is -2.39. The maximum Gasteiger partial charge on any atom is 0.224 e. The Kier molecular flexibility index (Phi) is 3.83. The van der Waals surface area contributed by atoms with Gasteiger partial charge in [0.2, 0.25) is 5.91 Å². The number of fused-ring (bicyclic) bond motifs is 1. The van der Waals surface area contributed by atoms with E-state index in [2.05, 4.69) is 39.5 Å². The van der Waals surface area contributed by atoms with E-state index in [1.807, 2.05) is 18.2 Å². The van der Waals surface area contributed by atoms with Gasteiger partial charge in [-0.3, -0.25) is 9.78 Å². The molecule has 1 fully saturated rings. The second kappa shape index (κ2) is 6.13. The Balaban J connectivity index is 1.36. The van der Waals surface area contributed by atoms with Crippen LogP contribution in [-0.4, -0.2) is 34.4 Å². The molecule has 1 amide bonds. The fraction of sp³-hybridized carbons (Fsp3) is 0.368. The minimum absolute atomic E-state index is 0.230. The van der Waals surface area contributed by atoms with E-state index in [1.165, 1.54) is 11.1 Å². The highest BCUT2D eigenvalue weighted by Crippen LogP contribution is 2.28. The van der Waals surface area contributed by atoms with Gasteiger partial charge >= 0.3 is 0 Å².